The molecule has 1 amide bonds. The summed E-state index contributed by atoms with van der Waals surface area (Å²) in [4.78, 5) is 25.9. The lowest BCUT2D eigenvalue weighted by Crippen LogP contribution is -2.60. The first kappa shape index (κ1) is 30.8. The number of benzene rings is 3. The van der Waals surface area contributed by atoms with Crippen LogP contribution in [0.1, 0.15) is 18.1 Å². The fourth-order valence-electron chi connectivity index (χ4n) is 5.86. The molecule has 12 heteroatoms. The van der Waals surface area contributed by atoms with Gasteiger partial charge in [0.15, 0.2) is 5.82 Å². The summed E-state index contributed by atoms with van der Waals surface area (Å²) in [6, 6.07) is 16.2. The van der Waals surface area contributed by atoms with Crippen molar-refractivity contribution in [1.82, 2.24) is 24.3 Å². The van der Waals surface area contributed by atoms with Crippen LogP contribution in [0.5, 0.6) is 17.4 Å². The van der Waals surface area contributed by atoms with Gasteiger partial charge in [-0.25, -0.2) is 18.7 Å². The Kier molecular flexibility index (Phi) is 7.99. The minimum Gasteiger partial charge on any atom is -0.497 e. The highest BCUT2D eigenvalue weighted by Gasteiger charge is 2.44. The number of hydrogen-bond donors (Lipinski definition) is 2. The number of likely N-dealkylation sites (N-methyl/N-ethyl adjacent to an activating group) is 2. The average Bonchev–Trinajstić information content (AvgIpc) is 3.36. The number of nitrogens with zero attached hydrogens (tertiary/aromatic N) is 5. The van der Waals surface area contributed by atoms with Crippen LogP contribution in [0.2, 0.25) is 0 Å². The lowest BCUT2D eigenvalue weighted by Gasteiger charge is -2.45. The molecule has 3 heterocycles. The summed E-state index contributed by atoms with van der Waals surface area (Å²) in [6.45, 7) is 3.47. The van der Waals surface area contributed by atoms with Crippen molar-refractivity contribution in [1.29, 1.82) is 0 Å². The van der Waals surface area contributed by atoms with Crippen LogP contribution in [0.15, 0.2) is 66.9 Å². The summed E-state index contributed by atoms with van der Waals surface area (Å²) in [5, 5.41) is 14.9. The summed E-state index contributed by atoms with van der Waals surface area (Å²) in [5.41, 5.74) is 1.17. The Morgan fingerprint density at radius 3 is 2.37 bits per heavy atom. The van der Waals surface area contributed by atoms with Gasteiger partial charge < -0.3 is 29.4 Å². The van der Waals surface area contributed by atoms with Crippen molar-refractivity contribution < 1.29 is 28.2 Å². The molecule has 3 aromatic carbocycles. The first-order valence-electron chi connectivity index (χ1n) is 14.6. The van der Waals surface area contributed by atoms with Crippen LogP contribution in [0.3, 0.4) is 0 Å². The molecule has 0 spiro atoms. The fourth-order valence-corrected chi connectivity index (χ4v) is 5.86. The molecular weight excluding hydrogens is 594 g/mol. The lowest BCUT2D eigenvalue weighted by atomic mass is 9.87. The monoisotopic (exact) mass is 628 g/mol. The predicted molar refractivity (Wildman–Crippen MR) is 171 cm³/mol. The van der Waals surface area contributed by atoms with Gasteiger partial charge >= 0.3 is 0 Å². The Morgan fingerprint density at radius 2 is 1.70 bits per heavy atom. The smallest absolute Gasteiger partial charge is 0.247 e. The van der Waals surface area contributed by atoms with Gasteiger partial charge in [-0.05, 0) is 55.9 Å². The third kappa shape index (κ3) is 5.24. The van der Waals surface area contributed by atoms with Crippen molar-refractivity contribution in [3.63, 3.8) is 0 Å². The van der Waals surface area contributed by atoms with Crippen LogP contribution in [0.25, 0.3) is 22.3 Å². The third-order valence-corrected chi connectivity index (χ3v) is 8.74. The molecule has 1 unspecified atom stereocenters. The van der Waals surface area contributed by atoms with Gasteiger partial charge in [0, 0.05) is 43.7 Å². The molecule has 238 valence electrons. The number of aromatic hydroxyl groups is 1. The molecule has 1 aliphatic heterocycles. The number of anilines is 2. The number of ether oxygens (including phenoxy) is 2. The Balaban J connectivity index is 1.43. The number of piperazine rings is 1. The number of fused-ring (bicyclic) bond motifs is 1. The van der Waals surface area contributed by atoms with Crippen molar-refractivity contribution >= 4 is 28.3 Å². The van der Waals surface area contributed by atoms with Crippen molar-refractivity contribution in [2.75, 3.05) is 46.7 Å². The number of rotatable bonds is 8. The highest BCUT2D eigenvalue weighted by Crippen LogP contribution is 2.38. The van der Waals surface area contributed by atoms with E-state index in [1.54, 1.807) is 61.2 Å². The summed E-state index contributed by atoms with van der Waals surface area (Å²) in [6.07, 6.45) is 1.59. The maximum absolute atomic E-state index is 14.9. The summed E-state index contributed by atoms with van der Waals surface area (Å²) in [5.74, 6) is -0.675. The second-order valence-electron chi connectivity index (χ2n) is 11.4. The molecular formula is C34H34F2N6O4. The molecule has 0 saturated carbocycles. The maximum Gasteiger partial charge on any atom is 0.247 e. The number of carbonyl (C=O) groups excluding carboxylic acids is 1. The zero-order valence-corrected chi connectivity index (χ0v) is 26.1. The molecule has 46 heavy (non-hydrogen) atoms. The van der Waals surface area contributed by atoms with Gasteiger partial charge in [-0.2, -0.15) is 0 Å². The lowest BCUT2D eigenvalue weighted by molar-refractivity contribution is -0.147. The van der Waals surface area contributed by atoms with Crippen LogP contribution in [-0.4, -0.2) is 76.8 Å². The Morgan fingerprint density at radius 1 is 0.978 bits per heavy atom. The van der Waals surface area contributed by atoms with Gasteiger partial charge in [0.1, 0.15) is 39.9 Å². The number of hydrogen-bond acceptors (Lipinski definition) is 8. The minimum absolute atomic E-state index is 0.00391. The van der Waals surface area contributed by atoms with Crippen LogP contribution < -0.4 is 14.8 Å². The van der Waals surface area contributed by atoms with E-state index in [9.17, 15) is 18.7 Å². The van der Waals surface area contributed by atoms with Crippen LogP contribution in [-0.2, 0) is 16.9 Å². The van der Waals surface area contributed by atoms with Crippen molar-refractivity contribution in [3.05, 3.63) is 89.6 Å². The van der Waals surface area contributed by atoms with E-state index in [0.717, 1.165) is 29.8 Å². The summed E-state index contributed by atoms with van der Waals surface area (Å²) >= 11 is 0. The molecule has 0 aliphatic carbocycles. The third-order valence-electron chi connectivity index (χ3n) is 8.74. The second kappa shape index (κ2) is 11.9. The minimum atomic E-state index is -0.846. The van der Waals surface area contributed by atoms with Crippen molar-refractivity contribution in [2.45, 2.75) is 19.0 Å². The van der Waals surface area contributed by atoms with E-state index in [4.69, 9.17) is 9.47 Å². The maximum atomic E-state index is 14.9. The van der Waals surface area contributed by atoms with Gasteiger partial charge in [-0.1, -0.05) is 18.2 Å². The Labute approximate surface area is 264 Å². The van der Waals surface area contributed by atoms with Gasteiger partial charge in [0.05, 0.1) is 31.8 Å². The molecule has 6 rings (SSSR count). The zero-order chi connectivity index (χ0) is 32.7. The molecule has 2 aromatic heterocycles. The molecule has 10 nitrogen and oxygen atoms in total. The summed E-state index contributed by atoms with van der Waals surface area (Å²) < 4.78 is 42.2. The number of halogens is 2. The first-order valence-corrected chi connectivity index (χ1v) is 14.6. The van der Waals surface area contributed by atoms with E-state index >= 15 is 0 Å². The van der Waals surface area contributed by atoms with Gasteiger partial charge in [0.2, 0.25) is 11.8 Å². The number of aromatic nitrogens is 3. The molecule has 1 aliphatic rings. The number of nitrogens with one attached hydrogen (secondary N) is 1. The standard InChI is InChI=1S/C34H34F2N6O4/c1-34(33(44)40(2)15-16-41(34)3)21-10-12-22(13-11-21)37-31-29-26(38-30(39-31)28-24(35)7-6-8-25(28)36)19-42(32(29)43)18-20-9-14-23(45-4)17-27(20)46-5/h6-14,17,19,43H,15-16,18H2,1-5H3,(H,37,38,39). The van der Waals surface area contributed by atoms with E-state index in [2.05, 4.69) is 15.3 Å². The molecule has 0 radical (unpaired) electrons. The van der Waals surface area contributed by atoms with Gasteiger partial charge in [0.25, 0.3) is 0 Å². The highest BCUT2D eigenvalue weighted by atomic mass is 19.1. The Hall–Kier alpha value is -5.23. The van der Waals surface area contributed by atoms with Gasteiger partial charge in [-0.15, -0.1) is 0 Å². The average molecular weight is 629 g/mol. The fraction of sp³-hybridized carbons (Fsp3) is 0.265. The molecule has 5 aromatic rings. The van der Waals surface area contributed by atoms with Crippen molar-refractivity contribution in [2.24, 2.45) is 0 Å². The van der Waals surface area contributed by atoms with E-state index < -0.39 is 17.2 Å². The van der Waals surface area contributed by atoms with Crippen molar-refractivity contribution in [3.8, 4) is 28.8 Å². The largest absolute Gasteiger partial charge is 0.497 e. The highest BCUT2D eigenvalue weighted by molar-refractivity contribution is 5.97. The summed E-state index contributed by atoms with van der Waals surface area (Å²) in [7, 11) is 6.82. The van der Waals surface area contributed by atoms with E-state index in [0.29, 0.717) is 23.7 Å². The predicted octanol–water partition coefficient (Wildman–Crippen LogP) is 5.51. The number of methoxy groups -OCH3 is 2. The molecule has 2 N–H and O–H groups in total. The van der Waals surface area contributed by atoms with E-state index in [-0.39, 0.29) is 46.4 Å². The second-order valence-corrected chi connectivity index (χ2v) is 11.4. The Bertz CT molecular complexity index is 1930. The zero-order valence-electron chi connectivity index (χ0n) is 26.1. The van der Waals surface area contributed by atoms with E-state index in [1.165, 1.54) is 6.07 Å². The van der Waals surface area contributed by atoms with Crippen LogP contribution in [0.4, 0.5) is 20.3 Å². The first-order chi connectivity index (χ1) is 22.0. The molecule has 1 saturated heterocycles. The normalized spacial score (nSPS) is 17.0. The molecule has 0 bridgehead atoms. The van der Waals surface area contributed by atoms with Gasteiger partial charge in [-0.3, -0.25) is 9.69 Å². The van der Waals surface area contributed by atoms with E-state index in [1.807, 2.05) is 37.1 Å². The number of amides is 1. The SMILES string of the molecule is COc1ccc(Cn2cc3nc(-c4c(F)cccc4F)nc(Nc4ccc(C5(C)C(=O)N(C)CCN5C)cc4)c3c2O)c(OC)c1. The molecule has 1 atom stereocenters. The van der Waals surface area contributed by atoms with Crippen LogP contribution >= 0.6 is 0 Å². The van der Waals surface area contributed by atoms with Crippen LogP contribution in [0, 0.1) is 11.6 Å². The molecule has 1 fully saturated rings. The quantitative estimate of drug-likeness (QED) is 0.232. The topological polar surface area (TPSA) is 105 Å². The number of carbonyl (C=O) groups is 1.